The number of carbonyl (C=O) groups excluding carboxylic acids is 1. The molecule has 1 aromatic rings. The normalized spacial score (nSPS) is 22.4. The molecule has 126 valence electrons. The van der Waals surface area contributed by atoms with E-state index in [1.165, 1.54) is 19.0 Å². The minimum atomic E-state index is -1.02. The fourth-order valence-corrected chi connectivity index (χ4v) is 3.58. The summed E-state index contributed by atoms with van der Waals surface area (Å²) in [7, 11) is 0. The van der Waals surface area contributed by atoms with Crippen LogP contribution in [0.2, 0.25) is 0 Å². The van der Waals surface area contributed by atoms with Gasteiger partial charge in [-0.05, 0) is 32.1 Å². The SMILES string of the molecule is O=C(O)c1cn[nH]c1C1CCCCN1C(=O)COC1CCCC1. The van der Waals surface area contributed by atoms with Gasteiger partial charge in [0.05, 0.1) is 24.0 Å². The molecule has 1 aliphatic carbocycles. The summed E-state index contributed by atoms with van der Waals surface area (Å²) in [6, 6.07) is -0.253. The molecule has 1 aromatic heterocycles. The molecule has 1 saturated heterocycles. The fourth-order valence-electron chi connectivity index (χ4n) is 3.58. The molecule has 3 rings (SSSR count). The Morgan fingerprint density at radius 1 is 1.26 bits per heavy atom. The van der Waals surface area contributed by atoms with Crippen LogP contribution in [-0.4, -0.2) is 51.3 Å². The standard InChI is InChI=1S/C16H23N3O4/c20-14(10-23-11-5-1-2-6-11)19-8-4-3-7-13(19)15-12(16(21)22)9-17-18-15/h9,11,13H,1-8,10H2,(H,17,18)(H,21,22). The molecular formula is C16H23N3O4. The number of carbonyl (C=O) groups is 2. The first-order valence-corrected chi connectivity index (χ1v) is 8.34. The highest BCUT2D eigenvalue weighted by Crippen LogP contribution is 2.32. The van der Waals surface area contributed by atoms with Crippen molar-refractivity contribution >= 4 is 11.9 Å². The predicted molar refractivity (Wildman–Crippen MR) is 82.1 cm³/mol. The zero-order valence-electron chi connectivity index (χ0n) is 13.2. The maximum Gasteiger partial charge on any atom is 0.339 e. The summed E-state index contributed by atoms with van der Waals surface area (Å²) < 4.78 is 5.73. The van der Waals surface area contributed by atoms with Crippen molar-refractivity contribution in [1.82, 2.24) is 15.1 Å². The van der Waals surface area contributed by atoms with Gasteiger partial charge in [0.25, 0.3) is 0 Å². The molecule has 1 atom stereocenters. The number of hydrogen-bond donors (Lipinski definition) is 2. The van der Waals surface area contributed by atoms with Crippen LogP contribution < -0.4 is 0 Å². The number of carboxylic acids is 1. The van der Waals surface area contributed by atoms with Gasteiger partial charge in [0.2, 0.25) is 5.91 Å². The Balaban J connectivity index is 1.69. The monoisotopic (exact) mass is 321 g/mol. The van der Waals surface area contributed by atoms with Crippen LogP contribution in [0.1, 0.15) is 67.0 Å². The van der Waals surface area contributed by atoms with E-state index in [1.807, 2.05) is 0 Å². The van der Waals surface area contributed by atoms with Crippen molar-refractivity contribution in [3.8, 4) is 0 Å². The van der Waals surface area contributed by atoms with Gasteiger partial charge in [-0.2, -0.15) is 5.10 Å². The smallest absolute Gasteiger partial charge is 0.339 e. The van der Waals surface area contributed by atoms with E-state index in [1.54, 1.807) is 4.90 Å². The third kappa shape index (κ3) is 3.55. The summed E-state index contributed by atoms with van der Waals surface area (Å²) in [5, 5.41) is 15.9. The van der Waals surface area contributed by atoms with E-state index < -0.39 is 5.97 Å². The van der Waals surface area contributed by atoms with Gasteiger partial charge in [0.15, 0.2) is 0 Å². The number of carboxylic acid groups (broad SMARTS) is 1. The van der Waals surface area contributed by atoms with E-state index in [4.69, 9.17) is 4.74 Å². The van der Waals surface area contributed by atoms with E-state index in [9.17, 15) is 14.7 Å². The molecule has 7 heteroatoms. The Kier molecular flexibility index (Phi) is 4.95. The lowest BCUT2D eigenvalue weighted by atomic mass is 9.97. The van der Waals surface area contributed by atoms with E-state index in [0.29, 0.717) is 12.2 Å². The van der Waals surface area contributed by atoms with Crippen molar-refractivity contribution in [2.24, 2.45) is 0 Å². The van der Waals surface area contributed by atoms with Crippen LogP contribution in [0.15, 0.2) is 6.20 Å². The van der Waals surface area contributed by atoms with Gasteiger partial charge in [-0.25, -0.2) is 4.79 Å². The second kappa shape index (κ2) is 7.12. The first kappa shape index (κ1) is 16.0. The van der Waals surface area contributed by atoms with Crippen LogP contribution in [0.25, 0.3) is 0 Å². The van der Waals surface area contributed by atoms with Crippen molar-refractivity contribution in [1.29, 1.82) is 0 Å². The molecule has 2 N–H and O–H groups in total. The van der Waals surface area contributed by atoms with Crippen LogP contribution in [0.4, 0.5) is 0 Å². The zero-order valence-corrected chi connectivity index (χ0v) is 13.2. The Labute approximate surface area is 135 Å². The van der Waals surface area contributed by atoms with E-state index in [2.05, 4.69) is 10.2 Å². The first-order chi connectivity index (χ1) is 11.2. The molecule has 0 radical (unpaired) electrons. The number of H-pyrrole nitrogens is 1. The molecule has 1 aliphatic heterocycles. The first-order valence-electron chi connectivity index (χ1n) is 8.34. The molecule has 0 aromatic carbocycles. The molecule has 1 amide bonds. The highest BCUT2D eigenvalue weighted by molar-refractivity contribution is 5.89. The Hall–Kier alpha value is -1.89. The second-order valence-electron chi connectivity index (χ2n) is 6.32. The number of piperidine rings is 1. The van der Waals surface area contributed by atoms with Gasteiger partial charge < -0.3 is 14.7 Å². The number of rotatable bonds is 5. The maximum atomic E-state index is 12.6. The molecule has 2 fully saturated rings. The van der Waals surface area contributed by atoms with Crippen LogP contribution in [0.5, 0.6) is 0 Å². The quantitative estimate of drug-likeness (QED) is 0.866. The van der Waals surface area contributed by atoms with Crippen LogP contribution in [0, 0.1) is 0 Å². The predicted octanol–water partition coefficient (Wildman–Crippen LogP) is 2.12. The number of amides is 1. The Bertz CT molecular complexity index is 565. The largest absolute Gasteiger partial charge is 0.478 e. The minimum Gasteiger partial charge on any atom is -0.478 e. The molecule has 23 heavy (non-hydrogen) atoms. The van der Waals surface area contributed by atoms with Crippen molar-refractivity contribution in [2.45, 2.75) is 57.1 Å². The van der Waals surface area contributed by atoms with Gasteiger partial charge in [-0.3, -0.25) is 9.89 Å². The lowest BCUT2D eigenvalue weighted by molar-refractivity contribution is -0.142. The van der Waals surface area contributed by atoms with Gasteiger partial charge in [-0.1, -0.05) is 12.8 Å². The Morgan fingerprint density at radius 2 is 2.00 bits per heavy atom. The van der Waals surface area contributed by atoms with E-state index in [0.717, 1.165) is 32.1 Å². The third-order valence-corrected chi connectivity index (χ3v) is 4.80. The summed E-state index contributed by atoms with van der Waals surface area (Å²) in [6.07, 6.45) is 8.55. The fraction of sp³-hybridized carbons (Fsp3) is 0.688. The average molecular weight is 321 g/mol. The summed E-state index contributed by atoms with van der Waals surface area (Å²) in [5.41, 5.74) is 0.665. The molecule has 1 saturated carbocycles. The number of aromatic amines is 1. The lowest BCUT2D eigenvalue weighted by Crippen LogP contribution is -2.41. The minimum absolute atomic E-state index is 0.0625. The highest BCUT2D eigenvalue weighted by Gasteiger charge is 2.32. The topological polar surface area (TPSA) is 95.5 Å². The molecule has 2 heterocycles. The number of ether oxygens (including phenoxy) is 1. The van der Waals surface area contributed by atoms with Gasteiger partial charge in [-0.15, -0.1) is 0 Å². The van der Waals surface area contributed by atoms with Gasteiger partial charge in [0.1, 0.15) is 12.2 Å². The van der Waals surface area contributed by atoms with Crippen LogP contribution in [0.3, 0.4) is 0 Å². The average Bonchev–Trinajstić information content (AvgIpc) is 3.23. The summed E-state index contributed by atoms with van der Waals surface area (Å²) in [6.45, 7) is 0.716. The van der Waals surface area contributed by atoms with Gasteiger partial charge in [0, 0.05) is 6.54 Å². The molecule has 2 aliphatic rings. The number of nitrogens with one attached hydrogen (secondary N) is 1. The number of aromatic nitrogens is 2. The highest BCUT2D eigenvalue weighted by atomic mass is 16.5. The molecule has 7 nitrogen and oxygen atoms in total. The van der Waals surface area contributed by atoms with E-state index >= 15 is 0 Å². The van der Waals surface area contributed by atoms with Crippen LogP contribution in [-0.2, 0) is 9.53 Å². The summed E-state index contributed by atoms with van der Waals surface area (Å²) >= 11 is 0. The number of likely N-dealkylation sites (tertiary alicyclic amines) is 1. The van der Waals surface area contributed by atoms with Gasteiger partial charge >= 0.3 is 5.97 Å². The third-order valence-electron chi connectivity index (χ3n) is 4.80. The maximum absolute atomic E-state index is 12.6. The number of nitrogens with zero attached hydrogens (tertiary/aromatic N) is 2. The van der Waals surface area contributed by atoms with Crippen LogP contribution >= 0.6 is 0 Å². The molecule has 0 bridgehead atoms. The number of hydrogen-bond acceptors (Lipinski definition) is 4. The number of aromatic carboxylic acids is 1. The van der Waals surface area contributed by atoms with Crippen molar-refractivity contribution in [2.75, 3.05) is 13.2 Å². The van der Waals surface area contributed by atoms with E-state index in [-0.39, 0.29) is 30.2 Å². The summed E-state index contributed by atoms with van der Waals surface area (Å²) in [4.78, 5) is 25.6. The molecular weight excluding hydrogens is 298 g/mol. The zero-order chi connectivity index (χ0) is 16.2. The molecule has 1 unspecified atom stereocenters. The van der Waals surface area contributed by atoms with Crippen molar-refractivity contribution in [3.05, 3.63) is 17.5 Å². The van der Waals surface area contributed by atoms with Crippen molar-refractivity contribution in [3.63, 3.8) is 0 Å². The second-order valence-corrected chi connectivity index (χ2v) is 6.32. The lowest BCUT2D eigenvalue weighted by Gasteiger charge is -2.35. The van der Waals surface area contributed by atoms with Crippen molar-refractivity contribution < 1.29 is 19.4 Å². The Morgan fingerprint density at radius 3 is 2.74 bits per heavy atom. The molecule has 0 spiro atoms. The summed E-state index contributed by atoms with van der Waals surface area (Å²) in [5.74, 6) is -1.08.